The molecule has 0 heterocycles. The molecule has 69 heavy (non-hydrogen) atoms. The highest BCUT2D eigenvalue weighted by Gasteiger charge is 2.19. The maximum absolute atomic E-state index is 13.8. The van der Waals surface area contributed by atoms with Crippen LogP contribution in [0.3, 0.4) is 0 Å². The Morgan fingerprint density at radius 1 is 0.464 bits per heavy atom. The summed E-state index contributed by atoms with van der Waals surface area (Å²) in [6, 6.07) is 40.6. The number of methoxy groups -OCH3 is 2. The highest BCUT2D eigenvalue weighted by Crippen LogP contribution is 2.31. The number of amides is 1. The molecule has 1 N–H and O–H groups in total. The van der Waals surface area contributed by atoms with Gasteiger partial charge in [-0.2, -0.15) is 0 Å². The van der Waals surface area contributed by atoms with Crippen LogP contribution in [0.1, 0.15) is 131 Å². The second kappa shape index (κ2) is 34.0. The number of nitrogens with one attached hydrogen (secondary N) is 1. The molecule has 0 fully saturated rings. The summed E-state index contributed by atoms with van der Waals surface area (Å²) in [6.45, 7) is 21.8. The molecule has 9 heteroatoms. The van der Waals surface area contributed by atoms with Crippen molar-refractivity contribution in [2.75, 3.05) is 66.6 Å². The fourth-order valence-corrected chi connectivity index (χ4v) is 8.03. The van der Waals surface area contributed by atoms with Crippen molar-refractivity contribution in [2.45, 2.75) is 125 Å². The van der Waals surface area contributed by atoms with Gasteiger partial charge in [-0.3, -0.25) is 4.79 Å². The van der Waals surface area contributed by atoms with Gasteiger partial charge in [0.2, 0.25) is 0 Å². The third-order valence-electron chi connectivity index (χ3n) is 12.3. The first-order valence-electron chi connectivity index (χ1n) is 26.0. The largest absolute Gasteiger partial charge is 0.493 e. The lowest BCUT2D eigenvalue weighted by Crippen LogP contribution is -2.39. The Bertz CT molecular complexity index is 2080. The zero-order chi connectivity index (χ0) is 49.3. The van der Waals surface area contributed by atoms with Gasteiger partial charge in [-0.25, -0.2) is 0 Å². The van der Waals surface area contributed by atoms with E-state index < -0.39 is 0 Å². The molecular weight excluding hydrogens is 857 g/mol. The van der Waals surface area contributed by atoms with Crippen molar-refractivity contribution < 1.29 is 23.7 Å². The van der Waals surface area contributed by atoms with Crippen molar-refractivity contribution in [3.63, 3.8) is 0 Å². The minimum atomic E-state index is 0.0670. The topological polar surface area (TPSA) is 75.7 Å². The van der Waals surface area contributed by atoms with Gasteiger partial charge in [0.15, 0.2) is 23.0 Å². The first-order chi connectivity index (χ1) is 33.8. The van der Waals surface area contributed by atoms with E-state index >= 15 is 0 Å². The molecule has 0 saturated heterocycles. The van der Waals surface area contributed by atoms with Gasteiger partial charge in [0.1, 0.15) is 13.2 Å². The molecule has 0 bridgehead atoms. The van der Waals surface area contributed by atoms with Gasteiger partial charge in [-0.15, -0.1) is 0 Å². The Hall–Kier alpha value is -5.35. The molecule has 0 aromatic heterocycles. The fourth-order valence-electron chi connectivity index (χ4n) is 8.03. The van der Waals surface area contributed by atoms with Crippen LogP contribution < -0.4 is 24.3 Å². The van der Waals surface area contributed by atoms with E-state index in [-0.39, 0.29) is 5.91 Å². The van der Waals surface area contributed by atoms with E-state index in [4.69, 9.17) is 18.9 Å². The van der Waals surface area contributed by atoms with Gasteiger partial charge in [-0.05, 0) is 122 Å². The molecule has 5 aromatic carbocycles. The van der Waals surface area contributed by atoms with Gasteiger partial charge < -0.3 is 39.0 Å². The number of ether oxygens (including phenoxy) is 4. The molecule has 0 atom stereocenters. The zero-order valence-electron chi connectivity index (χ0n) is 43.5. The molecule has 0 aliphatic carbocycles. The summed E-state index contributed by atoms with van der Waals surface area (Å²) < 4.78 is 23.2. The normalized spacial score (nSPS) is 11.0. The van der Waals surface area contributed by atoms with Crippen LogP contribution in [-0.4, -0.2) is 87.2 Å². The fraction of sp³-hybridized carbons (Fsp3) is 0.483. The SMILES string of the molecule is CCCCN(CCCC)CCN(Cc1ccc(OCc2ccccc2)c(OC)c1)C(=O)c1ccc(CCC)cc1.CCCCN(CCCC)CCNCc1ccc(OCc2ccccc2)c(OC)c1. The van der Waals surface area contributed by atoms with E-state index in [1.807, 2.05) is 89.8 Å². The van der Waals surface area contributed by atoms with Gasteiger partial charge in [-0.1, -0.05) is 152 Å². The average molecular weight is 943 g/mol. The minimum absolute atomic E-state index is 0.0670. The second-order valence-electron chi connectivity index (χ2n) is 18.0. The predicted molar refractivity (Wildman–Crippen MR) is 287 cm³/mol. The molecule has 0 unspecified atom stereocenters. The molecule has 0 spiro atoms. The maximum atomic E-state index is 13.8. The number of carbonyl (C=O) groups excluding carboxylic acids is 1. The van der Waals surface area contributed by atoms with Gasteiger partial charge in [0.25, 0.3) is 5.91 Å². The minimum Gasteiger partial charge on any atom is -0.493 e. The quantitative estimate of drug-likeness (QED) is 0.0417. The average Bonchev–Trinajstić information content (AvgIpc) is 3.39. The van der Waals surface area contributed by atoms with Crippen LogP contribution in [0.25, 0.3) is 0 Å². The van der Waals surface area contributed by atoms with Crippen LogP contribution in [0.4, 0.5) is 0 Å². The van der Waals surface area contributed by atoms with Gasteiger partial charge >= 0.3 is 0 Å². The van der Waals surface area contributed by atoms with Crippen LogP contribution >= 0.6 is 0 Å². The molecule has 0 saturated carbocycles. The van der Waals surface area contributed by atoms with E-state index in [2.05, 4.69) is 86.1 Å². The van der Waals surface area contributed by atoms with Gasteiger partial charge in [0.05, 0.1) is 14.2 Å². The number of benzene rings is 5. The predicted octanol–water partition coefficient (Wildman–Crippen LogP) is 13.0. The summed E-state index contributed by atoms with van der Waals surface area (Å²) in [5.41, 5.74) is 6.49. The maximum Gasteiger partial charge on any atom is 0.254 e. The van der Waals surface area contributed by atoms with Crippen LogP contribution in [0.15, 0.2) is 121 Å². The lowest BCUT2D eigenvalue weighted by Gasteiger charge is -2.28. The van der Waals surface area contributed by atoms with Gasteiger partial charge in [0, 0.05) is 44.8 Å². The molecule has 5 aromatic rings. The third kappa shape index (κ3) is 21.5. The van der Waals surface area contributed by atoms with E-state index in [1.165, 1.54) is 75.6 Å². The Morgan fingerprint density at radius 2 is 0.928 bits per heavy atom. The van der Waals surface area contributed by atoms with Crippen LogP contribution in [0, 0.1) is 0 Å². The number of nitrogens with zero attached hydrogens (tertiary/aromatic N) is 3. The van der Waals surface area contributed by atoms with Crippen LogP contribution in [0.2, 0.25) is 0 Å². The summed E-state index contributed by atoms with van der Waals surface area (Å²) in [7, 11) is 3.36. The monoisotopic (exact) mass is 943 g/mol. The third-order valence-corrected chi connectivity index (χ3v) is 12.3. The molecule has 1 amide bonds. The van der Waals surface area contributed by atoms with Crippen LogP contribution in [-0.2, 0) is 32.7 Å². The van der Waals surface area contributed by atoms with Crippen molar-refractivity contribution >= 4 is 5.91 Å². The van der Waals surface area contributed by atoms with Crippen LogP contribution in [0.5, 0.6) is 23.0 Å². The molecule has 0 radical (unpaired) electrons. The molecule has 376 valence electrons. The molecule has 5 rings (SSSR count). The zero-order valence-corrected chi connectivity index (χ0v) is 43.5. The lowest BCUT2D eigenvalue weighted by molar-refractivity contribution is 0.0720. The summed E-state index contributed by atoms with van der Waals surface area (Å²) in [5, 5.41) is 3.58. The number of carbonyl (C=O) groups is 1. The first kappa shape index (κ1) is 56.2. The highest BCUT2D eigenvalue weighted by molar-refractivity contribution is 5.94. The number of rotatable bonds is 33. The summed E-state index contributed by atoms with van der Waals surface area (Å²) in [5.74, 6) is 3.01. The van der Waals surface area contributed by atoms with Crippen molar-refractivity contribution in [3.8, 4) is 23.0 Å². The van der Waals surface area contributed by atoms with E-state index in [0.717, 1.165) is 85.9 Å². The number of aryl methyl sites for hydroxylation is 1. The van der Waals surface area contributed by atoms with E-state index in [0.29, 0.717) is 37.8 Å². The first-order valence-corrected chi connectivity index (χ1v) is 26.0. The number of hydrogen-bond donors (Lipinski definition) is 1. The Labute approximate surface area is 417 Å². The Balaban J connectivity index is 0.000000317. The molecule has 0 aliphatic heterocycles. The summed E-state index contributed by atoms with van der Waals surface area (Å²) in [6.07, 6.45) is 11.9. The standard InChI is InChI=1S/C35H48N2O3.C25H38N2O2/c1-5-8-22-36(23-9-6-2)24-25-37(35(38)32-19-16-29(13-7-3)17-20-32)27-31-18-21-33(34(26-31)39-4)40-28-30-14-11-10-12-15-30;1-4-6-16-27(17-7-5-2)18-15-26-20-23-13-14-24(25(19-23)28-3)29-21-22-11-9-8-10-12-22/h10-12,14-21,26H,5-9,13,22-25,27-28H2,1-4H3;8-14,19,26H,4-7,15-18,20-21H2,1-3H3. The molecular formula is C60H86N4O5. The smallest absolute Gasteiger partial charge is 0.254 e. The van der Waals surface area contributed by atoms with E-state index in [1.54, 1.807) is 14.2 Å². The summed E-state index contributed by atoms with van der Waals surface area (Å²) in [4.78, 5) is 20.9. The van der Waals surface area contributed by atoms with Crippen molar-refractivity contribution in [2.24, 2.45) is 0 Å². The van der Waals surface area contributed by atoms with Crippen molar-refractivity contribution in [1.29, 1.82) is 0 Å². The number of unbranched alkanes of at least 4 members (excludes halogenated alkanes) is 4. The summed E-state index contributed by atoms with van der Waals surface area (Å²) >= 11 is 0. The lowest BCUT2D eigenvalue weighted by atomic mass is 10.1. The molecule has 0 aliphatic rings. The van der Waals surface area contributed by atoms with Crippen molar-refractivity contribution in [3.05, 3.63) is 155 Å². The Morgan fingerprint density at radius 3 is 1.41 bits per heavy atom. The second-order valence-corrected chi connectivity index (χ2v) is 18.0. The Kier molecular flexibility index (Phi) is 27.7. The van der Waals surface area contributed by atoms with Crippen molar-refractivity contribution in [1.82, 2.24) is 20.0 Å². The highest BCUT2D eigenvalue weighted by atomic mass is 16.5. The number of hydrogen-bond acceptors (Lipinski definition) is 8. The van der Waals surface area contributed by atoms with E-state index in [9.17, 15) is 4.79 Å². The molecule has 9 nitrogen and oxygen atoms in total.